The molecule has 1 fully saturated rings. The highest BCUT2D eigenvalue weighted by atomic mass is 16.5. The standard InChI is InChI=1S/C39H66N2O4/c1-7-9-10-11-12-13-14-15-16-17-18-19-20-21-22-23-35(42)45-27-25-39(4,5)38(44)41-30(3)32(8-2)36-34(41)28-31-24-26-40(6)29-33(31)37(36)43/h31,33H,7-29H2,1-6H3/t31-,33+/m0/s1. The molecule has 1 saturated heterocycles. The van der Waals surface area contributed by atoms with Crippen LogP contribution in [0.3, 0.4) is 0 Å². The molecule has 1 aliphatic heterocycles. The molecule has 0 spiro atoms. The fraction of sp³-hybridized carbons (Fsp3) is 0.821. The van der Waals surface area contributed by atoms with E-state index in [1.54, 1.807) is 0 Å². The monoisotopic (exact) mass is 627 g/mol. The van der Waals surface area contributed by atoms with E-state index in [-0.39, 0.29) is 30.2 Å². The molecule has 6 nitrogen and oxygen atoms in total. The smallest absolute Gasteiger partial charge is 0.305 e. The number of Topliss-reactive ketones (excluding diaryl/α,β-unsaturated/α-hetero) is 1. The average Bonchev–Trinajstić information content (AvgIpc) is 3.29. The molecule has 2 atom stereocenters. The molecule has 2 aliphatic rings. The van der Waals surface area contributed by atoms with Crippen molar-refractivity contribution in [3.63, 3.8) is 0 Å². The summed E-state index contributed by atoms with van der Waals surface area (Å²) in [5.74, 6) is 0.410. The SMILES string of the molecule is CCCCCCCCCCCCCCCCCC(=O)OCCC(C)(C)C(=O)n1c(C)c(CC)c2c1C[C@@H]1CCN(C)C[C@H]1C2=O. The molecule has 1 aliphatic carbocycles. The van der Waals surface area contributed by atoms with E-state index in [9.17, 15) is 14.4 Å². The van der Waals surface area contributed by atoms with Gasteiger partial charge in [-0.2, -0.15) is 0 Å². The second-order valence-electron chi connectivity index (χ2n) is 14.9. The first-order valence-electron chi connectivity index (χ1n) is 18.8. The van der Waals surface area contributed by atoms with Crippen molar-refractivity contribution < 1.29 is 19.1 Å². The van der Waals surface area contributed by atoms with E-state index in [4.69, 9.17) is 4.74 Å². The summed E-state index contributed by atoms with van der Waals surface area (Å²) >= 11 is 0. The van der Waals surface area contributed by atoms with Gasteiger partial charge in [0, 0.05) is 41.2 Å². The zero-order valence-corrected chi connectivity index (χ0v) is 29.9. The maximum Gasteiger partial charge on any atom is 0.305 e. The van der Waals surface area contributed by atoms with Crippen molar-refractivity contribution in [2.24, 2.45) is 17.3 Å². The highest BCUT2D eigenvalue weighted by Crippen LogP contribution is 2.40. The summed E-state index contributed by atoms with van der Waals surface area (Å²) < 4.78 is 7.45. The van der Waals surface area contributed by atoms with Crippen LogP contribution in [0.1, 0.15) is 175 Å². The van der Waals surface area contributed by atoms with Crippen molar-refractivity contribution in [2.45, 2.75) is 163 Å². The maximum atomic E-state index is 14.0. The first-order valence-corrected chi connectivity index (χ1v) is 18.8. The lowest BCUT2D eigenvalue weighted by atomic mass is 9.72. The molecule has 6 heteroatoms. The molecule has 45 heavy (non-hydrogen) atoms. The number of hydrogen-bond donors (Lipinski definition) is 0. The topological polar surface area (TPSA) is 68.6 Å². The van der Waals surface area contributed by atoms with Crippen LogP contribution in [0, 0.1) is 24.2 Å². The number of fused-ring (bicyclic) bond motifs is 2. The number of likely N-dealkylation sites (tertiary alicyclic amines) is 1. The molecule has 1 aromatic heterocycles. The molecule has 0 bridgehead atoms. The third-order valence-corrected chi connectivity index (χ3v) is 10.7. The van der Waals surface area contributed by atoms with Crippen LogP contribution in [-0.2, 0) is 22.4 Å². The van der Waals surface area contributed by atoms with Crippen LogP contribution in [0.25, 0.3) is 0 Å². The molecule has 0 unspecified atom stereocenters. The Labute approximate surface area is 275 Å². The molecule has 0 amide bonds. The second-order valence-corrected chi connectivity index (χ2v) is 14.9. The summed E-state index contributed by atoms with van der Waals surface area (Å²) in [5.41, 5.74) is 2.96. The number of ether oxygens (including phenoxy) is 1. The van der Waals surface area contributed by atoms with Gasteiger partial charge in [-0.3, -0.25) is 19.0 Å². The van der Waals surface area contributed by atoms with Gasteiger partial charge in [0.05, 0.1) is 6.61 Å². The van der Waals surface area contributed by atoms with Gasteiger partial charge in [-0.25, -0.2) is 0 Å². The summed E-state index contributed by atoms with van der Waals surface area (Å²) in [6.45, 7) is 12.3. The zero-order chi connectivity index (χ0) is 32.8. The Morgan fingerprint density at radius 1 is 0.867 bits per heavy atom. The Kier molecular flexibility index (Phi) is 15.8. The van der Waals surface area contributed by atoms with Crippen molar-refractivity contribution >= 4 is 17.7 Å². The lowest BCUT2D eigenvalue weighted by Crippen LogP contribution is -2.46. The van der Waals surface area contributed by atoms with Crippen LogP contribution >= 0.6 is 0 Å². The zero-order valence-electron chi connectivity index (χ0n) is 29.9. The molecule has 0 N–H and O–H groups in total. The molecule has 2 heterocycles. The van der Waals surface area contributed by atoms with Crippen LogP contribution in [0.4, 0.5) is 0 Å². The van der Waals surface area contributed by atoms with Crippen molar-refractivity contribution in [2.75, 3.05) is 26.7 Å². The molecule has 3 rings (SSSR count). The number of carbonyl (C=O) groups is 3. The lowest BCUT2D eigenvalue weighted by molar-refractivity contribution is -0.144. The molecule has 0 aromatic carbocycles. The van der Waals surface area contributed by atoms with E-state index in [0.29, 0.717) is 18.8 Å². The number of piperidine rings is 1. The van der Waals surface area contributed by atoms with Crippen LogP contribution in [0.2, 0.25) is 0 Å². The van der Waals surface area contributed by atoms with Crippen molar-refractivity contribution in [1.29, 1.82) is 0 Å². The van der Waals surface area contributed by atoms with E-state index in [2.05, 4.69) is 25.8 Å². The van der Waals surface area contributed by atoms with Crippen LogP contribution in [0.15, 0.2) is 0 Å². The molecule has 1 aromatic rings. The van der Waals surface area contributed by atoms with Gasteiger partial charge in [0.2, 0.25) is 5.91 Å². The predicted molar refractivity (Wildman–Crippen MR) is 185 cm³/mol. The Bertz CT molecular complexity index is 1090. The molecular weight excluding hydrogens is 560 g/mol. The highest BCUT2D eigenvalue weighted by molar-refractivity contribution is 6.04. The van der Waals surface area contributed by atoms with Gasteiger partial charge < -0.3 is 9.64 Å². The minimum absolute atomic E-state index is 0.00795. The number of hydrogen-bond acceptors (Lipinski definition) is 5. The quantitative estimate of drug-likeness (QED) is 0.100. The van der Waals surface area contributed by atoms with Crippen molar-refractivity contribution in [3.8, 4) is 0 Å². The summed E-state index contributed by atoms with van der Waals surface area (Å²) in [4.78, 5) is 42.4. The summed E-state index contributed by atoms with van der Waals surface area (Å²) in [6.07, 6.45) is 23.0. The van der Waals surface area contributed by atoms with Gasteiger partial charge in [0.15, 0.2) is 5.78 Å². The molecular formula is C39H66N2O4. The first kappa shape index (κ1) is 37.5. The number of nitrogens with zero attached hydrogens (tertiary/aromatic N) is 2. The van der Waals surface area contributed by atoms with Crippen LogP contribution < -0.4 is 0 Å². The van der Waals surface area contributed by atoms with Gasteiger partial charge in [-0.15, -0.1) is 0 Å². The fourth-order valence-corrected chi connectivity index (χ4v) is 7.68. The number of esters is 1. The third-order valence-electron chi connectivity index (χ3n) is 10.7. The van der Waals surface area contributed by atoms with E-state index in [1.807, 2.05) is 25.3 Å². The number of carbonyl (C=O) groups excluding carboxylic acids is 3. The minimum Gasteiger partial charge on any atom is -0.466 e. The van der Waals surface area contributed by atoms with E-state index in [0.717, 1.165) is 67.7 Å². The van der Waals surface area contributed by atoms with Gasteiger partial charge in [0.25, 0.3) is 0 Å². The van der Waals surface area contributed by atoms with Gasteiger partial charge in [-0.1, -0.05) is 118 Å². The Hall–Kier alpha value is -1.95. The second kappa shape index (κ2) is 19.0. The third kappa shape index (κ3) is 10.8. The Balaban J connectivity index is 1.34. The normalized spacial score (nSPS) is 18.6. The van der Waals surface area contributed by atoms with Gasteiger partial charge >= 0.3 is 5.97 Å². The highest BCUT2D eigenvalue weighted by Gasteiger charge is 2.44. The first-order chi connectivity index (χ1) is 21.6. The van der Waals surface area contributed by atoms with E-state index >= 15 is 0 Å². The average molecular weight is 627 g/mol. The summed E-state index contributed by atoms with van der Waals surface area (Å²) in [5, 5.41) is 0. The van der Waals surface area contributed by atoms with E-state index < -0.39 is 5.41 Å². The molecule has 256 valence electrons. The van der Waals surface area contributed by atoms with Crippen LogP contribution in [-0.4, -0.2) is 53.9 Å². The van der Waals surface area contributed by atoms with Gasteiger partial charge in [0.1, 0.15) is 0 Å². The predicted octanol–water partition coefficient (Wildman–Crippen LogP) is 9.53. The maximum absolute atomic E-state index is 14.0. The largest absolute Gasteiger partial charge is 0.466 e. The Morgan fingerprint density at radius 3 is 1.98 bits per heavy atom. The van der Waals surface area contributed by atoms with Crippen LogP contribution in [0.5, 0.6) is 0 Å². The Morgan fingerprint density at radius 2 is 1.42 bits per heavy atom. The number of unbranched alkanes of at least 4 members (excludes halogenated alkanes) is 14. The van der Waals surface area contributed by atoms with Crippen molar-refractivity contribution in [3.05, 3.63) is 22.5 Å². The summed E-state index contributed by atoms with van der Waals surface area (Å²) in [6, 6.07) is 0. The van der Waals surface area contributed by atoms with Crippen molar-refractivity contribution in [1.82, 2.24) is 9.47 Å². The number of rotatable bonds is 21. The fourth-order valence-electron chi connectivity index (χ4n) is 7.68. The molecule has 0 radical (unpaired) electrons. The summed E-state index contributed by atoms with van der Waals surface area (Å²) in [7, 11) is 2.09. The lowest BCUT2D eigenvalue weighted by Gasteiger charge is -2.39. The van der Waals surface area contributed by atoms with Gasteiger partial charge in [-0.05, 0) is 64.1 Å². The molecule has 0 saturated carbocycles. The number of aromatic nitrogens is 1. The van der Waals surface area contributed by atoms with E-state index in [1.165, 1.54) is 83.5 Å². The minimum atomic E-state index is -0.704. The number of ketones is 1.